The Morgan fingerprint density at radius 1 is 1.41 bits per heavy atom. The van der Waals surface area contributed by atoms with E-state index in [1.165, 1.54) is 11.3 Å². The topological polar surface area (TPSA) is 46.9 Å². The van der Waals surface area contributed by atoms with Gasteiger partial charge in [-0.3, -0.25) is 4.79 Å². The third kappa shape index (κ3) is 1.57. The quantitative estimate of drug-likeness (QED) is 0.793. The maximum Gasteiger partial charge on any atom is 0.150 e. The summed E-state index contributed by atoms with van der Waals surface area (Å²) >= 11 is 0. The molecule has 0 spiro atoms. The standard InChI is InChI=1S/C13H13N3O/c1-9-12-6-14-7-13(12)16(15-9)11-4-2-3-10(5-11)8-17/h2-5,8,14H,6-7H2,1H3. The van der Waals surface area contributed by atoms with Gasteiger partial charge in [-0.25, -0.2) is 4.68 Å². The van der Waals surface area contributed by atoms with Gasteiger partial charge in [0.2, 0.25) is 0 Å². The molecule has 1 N–H and O–H groups in total. The van der Waals surface area contributed by atoms with Gasteiger partial charge in [0, 0.05) is 24.2 Å². The van der Waals surface area contributed by atoms with Crippen LogP contribution in [0.15, 0.2) is 24.3 Å². The highest BCUT2D eigenvalue weighted by molar-refractivity contribution is 5.75. The first-order valence-corrected chi connectivity index (χ1v) is 5.63. The highest BCUT2D eigenvalue weighted by Gasteiger charge is 2.20. The largest absolute Gasteiger partial charge is 0.307 e. The number of hydrogen-bond acceptors (Lipinski definition) is 3. The summed E-state index contributed by atoms with van der Waals surface area (Å²) in [4.78, 5) is 10.8. The zero-order valence-corrected chi connectivity index (χ0v) is 9.60. The van der Waals surface area contributed by atoms with E-state index < -0.39 is 0 Å². The highest BCUT2D eigenvalue weighted by Crippen LogP contribution is 2.22. The van der Waals surface area contributed by atoms with Gasteiger partial charge in [-0.05, 0) is 19.1 Å². The molecule has 1 aromatic carbocycles. The summed E-state index contributed by atoms with van der Waals surface area (Å²) in [5.74, 6) is 0. The lowest BCUT2D eigenvalue weighted by Gasteiger charge is -2.05. The van der Waals surface area contributed by atoms with Gasteiger partial charge in [-0.15, -0.1) is 0 Å². The molecule has 0 atom stereocenters. The lowest BCUT2D eigenvalue weighted by atomic mass is 10.2. The van der Waals surface area contributed by atoms with E-state index in [2.05, 4.69) is 10.4 Å². The minimum atomic E-state index is 0.676. The summed E-state index contributed by atoms with van der Waals surface area (Å²) in [6.07, 6.45) is 0.859. The van der Waals surface area contributed by atoms with Gasteiger partial charge in [0.15, 0.2) is 0 Å². The Morgan fingerprint density at radius 2 is 2.29 bits per heavy atom. The molecule has 0 saturated carbocycles. The Labute approximate surface area is 99.3 Å². The van der Waals surface area contributed by atoms with Crippen molar-refractivity contribution in [3.63, 3.8) is 0 Å². The number of carbonyl (C=O) groups is 1. The molecule has 0 aliphatic carbocycles. The molecule has 4 heteroatoms. The van der Waals surface area contributed by atoms with E-state index in [0.717, 1.165) is 30.8 Å². The van der Waals surface area contributed by atoms with Crippen molar-refractivity contribution in [2.75, 3.05) is 0 Å². The number of rotatable bonds is 2. The van der Waals surface area contributed by atoms with Crippen LogP contribution in [-0.2, 0) is 13.1 Å². The fourth-order valence-corrected chi connectivity index (χ4v) is 2.27. The Hall–Kier alpha value is -1.94. The van der Waals surface area contributed by atoms with Gasteiger partial charge in [0.1, 0.15) is 6.29 Å². The molecule has 3 rings (SSSR count). The fourth-order valence-electron chi connectivity index (χ4n) is 2.27. The fraction of sp³-hybridized carbons (Fsp3) is 0.231. The van der Waals surface area contributed by atoms with Gasteiger partial charge in [0.25, 0.3) is 0 Å². The van der Waals surface area contributed by atoms with E-state index in [1.54, 1.807) is 6.07 Å². The predicted molar refractivity (Wildman–Crippen MR) is 64.2 cm³/mol. The zero-order chi connectivity index (χ0) is 11.8. The lowest BCUT2D eigenvalue weighted by molar-refractivity contribution is 0.112. The molecule has 0 bridgehead atoms. The van der Waals surface area contributed by atoms with Crippen LogP contribution in [0.3, 0.4) is 0 Å². The zero-order valence-electron chi connectivity index (χ0n) is 9.60. The Kier molecular flexibility index (Phi) is 2.30. The van der Waals surface area contributed by atoms with Crippen molar-refractivity contribution in [2.45, 2.75) is 20.0 Å². The maximum absolute atomic E-state index is 10.8. The number of hydrogen-bond donors (Lipinski definition) is 1. The Balaban J connectivity index is 2.15. The second-order valence-corrected chi connectivity index (χ2v) is 4.24. The molecule has 1 aliphatic rings. The first-order valence-electron chi connectivity index (χ1n) is 5.63. The molecule has 2 heterocycles. The first kappa shape index (κ1) is 10.2. The average molecular weight is 227 g/mol. The van der Waals surface area contributed by atoms with Crippen LogP contribution in [0.1, 0.15) is 27.3 Å². The monoisotopic (exact) mass is 227 g/mol. The average Bonchev–Trinajstić information content (AvgIpc) is 2.94. The van der Waals surface area contributed by atoms with E-state index in [4.69, 9.17) is 0 Å². The third-order valence-electron chi connectivity index (χ3n) is 3.14. The molecule has 1 aliphatic heterocycles. The number of aromatic nitrogens is 2. The van der Waals surface area contributed by atoms with Gasteiger partial charge >= 0.3 is 0 Å². The SMILES string of the molecule is Cc1nn(-c2cccc(C=O)c2)c2c1CNC2. The van der Waals surface area contributed by atoms with Gasteiger partial charge < -0.3 is 5.32 Å². The summed E-state index contributed by atoms with van der Waals surface area (Å²) in [6, 6.07) is 7.51. The van der Waals surface area contributed by atoms with Crippen molar-refractivity contribution in [1.82, 2.24) is 15.1 Å². The first-order chi connectivity index (χ1) is 8.29. The smallest absolute Gasteiger partial charge is 0.150 e. The van der Waals surface area contributed by atoms with Gasteiger partial charge in [-0.2, -0.15) is 5.10 Å². The molecule has 86 valence electrons. The van der Waals surface area contributed by atoms with Crippen LogP contribution >= 0.6 is 0 Å². The van der Waals surface area contributed by atoms with E-state index in [9.17, 15) is 4.79 Å². The Bertz CT molecular complexity index is 586. The molecule has 0 unspecified atom stereocenters. The molecule has 0 radical (unpaired) electrons. The minimum absolute atomic E-state index is 0.676. The normalized spacial score (nSPS) is 13.7. The second kappa shape index (κ2) is 3.82. The number of carbonyl (C=O) groups excluding carboxylic acids is 1. The van der Waals surface area contributed by atoms with Gasteiger partial charge in [-0.1, -0.05) is 12.1 Å². The van der Waals surface area contributed by atoms with E-state index in [-0.39, 0.29) is 0 Å². The summed E-state index contributed by atoms with van der Waals surface area (Å²) in [7, 11) is 0. The highest BCUT2D eigenvalue weighted by atomic mass is 16.1. The van der Waals surface area contributed by atoms with E-state index >= 15 is 0 Å². The summed E-state index contributed by atoms with van der Waals surface area (Å²) in [5.41, 5.74) is 5.16. The number of fused-ring (bicyclic) bond motifs is 1. The van der Waals surface area contributed by atoms with Gasteiger partial charge in [0.05, 0.1) is 17.1 Å². The number of benzene rings is 1. The molecule has 17 heavy (non-hydrogen) atoms. The van der Waals surface area contributed by atoms with Crippen LogP contribution in [0.2, 0.25) is 0 Å². The van der Waals surface area contributed by atoms with Crippen molar-refractivity contribution < 1.29 is 4.79 Å². The molecule has 2 aromatic rings. The maximum atomic E-state index is 10.8. The van der Waals surface area contributed by atoms with Crippen molar-refractivity contribution in [3.8, 4) is 5.69 Å². The van der Waals surface area contributed by atoms with E-state index in [1.807, 2.05) is 29.8 Å². The second-order valence-electron chi connectivity index (χ2n) is 4.24. The van der Waals surface area contributed by atoms with Crippen molar-refractivity contribution in [3.05, 3.63) is 46.8 Å². The number of nitrogens with zero attached hydrogens (tertiary/aromatic N) is 2. The molecule has 0 amide bonds. The Morgan fingerprint density at radius 3 is 3.12 bits per heavy atom. The molecule has 0 saturated heterocycles. The molecular weight excluding hydrogens is 214 g/mol. The molecule has 1 aromatic heterocycles. The predicted octanol–water partition coefficient (Wildman–Crippen LogP) is 1.60. The summed E-state index contributed by atoms with van der Waals surface area (Å²) < 4.78 is 1.93. The van der Waals surface area contributed by atoms with Crippen LogP contribution in [0, 0.1) is 6.92 Å². The van der Waals surface area contributed by atoms with Crippen molar-refractivity contribution in [1.29, 1.82) is 0 Å². The summed E-state index contributed by atoms with van der Waals surface area (Å²) in [5, 5.41) is 7.86. The summed E-state index contributed by atoms with van der Waals surface area (Å²) in [6.45, 7) is 3.74. The number of nitrogens with one attached hydrogen (secondary N) is 1. The molecule has 4 nitrogen and oxygen atoms in total. The lowest BCUT2D eigenvalue weighted by Crippen LogP contribution is -2.08. The minimum Gasteiger partial charge on any atom is -0.307 e. The van der Waals surface area contributed by atoms with Crippen LogP contribution in [-0.4, -0.2) is 16.1 Å². The van der Waals surface area contributed by atoms with Crippen molar-refractivity contribution >= 4 is 6.29 Å². The van der Waals surface area contributed by atoms with Crippen LogP contribution in [0.25, 0.3) is 5.69 Å². The van der Waals surface area contributed by atoms with Crippen molar-refractivity contribution in [2.24, 2.45) is 0 Å². The molecule has 0 fully saturated rings. The van der Waals surface area contributed by atoms with E-state index in [0.29, 0.717) is 5.56 Å². The third-order valence-corrected chi connectivity index (χ3v) is 3.14. The molecular formula is C13H13N3O. The van der Waals surface area contributed by atoms with Crippen LogP contribution in [0.5, 0.6) is 0 Å². The van der Waals surface area contributed by atoms with Crippen LogP contribution < -0.4 is 5.32 Å². The number of aryl methyl sites for hydroxylation is 1. The number of aldehydes is 1. The van der Waals surface area contributed by atoms with Crippen LogP contribution in [0.4, 0.5) is 0 Å².